The zero-order chi connectivity index (χ0) is 24.4. The van der Waals surface area contributed by atoms with Crippen molar-refractivity contribution >= 4 is 16.9 Å². The molecule has 0 saturated carbocycles. The van der Waals surface area contributed by atoms with Crippen molar-refractivity contribution in [1.82, 2.24) is 9.97 Å². The Kier molecular flexibility index (Phi) is 5.31. The molecule has 0 aliphatic heterocycles. The maximum absolute atomic E-state index is 15.9. The number of allylic oxidation sites excluding steroid dienone is 8. The summed E-state index contributed by atoms with van der Waals surface area (Å²) in [5.41, 5.74) is -2.61. The molecular formula is C24H6F2N8. The van der Waals surface area contributed by atoms with E-state index in [2.05, 4.69) is 15.0 Å². The Bertz CT molecular complexity index is 1650. The van der Waals surface area contributed by atoms with Crippen molar-refractivity contribution in [2.45, 2.75) is 0 Å². The summed E-state index contributed by atoms with van der Waals surface area (Å²) in [7, 11) is 0. The van der Waals surface area contributed by atoms with E-state index in [9.17, 15) is 15.8 Å². The maximum Gasteiger partial charge on any atom is 0.206 e. The highest BCUT2D eigenvalue weighted by Gasteiger charge is 2.44. The summed E-state index contributed by atoms with van der Waals surface area (Å²) in [6.07, 6.45) is 4.00. The number of halogens is 2. The lowest BCUT2D eigenvalue weighted by molar-refractivity contribution is 0.655. The van der Waals surface area contributed by atoms with Gasteiger partial charge < -0.3 is 0 Å². The maximum atomic E-state index is 15.9. The highest BCUT2D eigenvalue weighted by atomic mass is 19.1. The van der Waals surface area contributed by atoms with Crippen molar-refractivity contribution in [2.24, 2.45) is 4.99 Å². The molecule has 34 heavy (non-hydrogen) atoms. The molecule has 156 valence electrons. The third-order valence-electron chi connectivity index (χ3n) is 5.06. The van der Waals surface area contributed by atoms with E-state index >= 15 is 8.78 Å². The zero-order valence-electron chi connectivity index (χ0n) is 16.8. The average Bonchev–Trinajstić information content (AvgIpc) is 3.32. The Morgan fingerprint density at radius 3 is 1.76 bits per heavy atom. The molecule has 0 aromatic carbocycles. The molecule has 0 amide bonds. The first-order valence-electron chi connectivity index (χ1n) is 9.31. The average molecular weight is 444 g/mol. The van der Waals surface area contributed by atoms with Crippen LogP contribution in [0.1, 0.15) is 22.5 Å². The summed E-state index contributed by atoms with van der Waals surface area (Å²) < 4.78 is 31.9. The number of nitriles is 5. The van der Waals surface area contributed by atoms with Gasteiger partial charge in [-0.15, -0.1) is 0 Å². The molecule has 4 rings (SSSR count). The molecule has 0 bridgehead atoms. The molecule has 0 spiro atoms. The van der Waals surface area contributed by atoms with E-state index < -0.39 is 28.4 Å². The second kappa shape index (κ2) is 8.40. The third kappa shape index (κ3) is 3.12. The smallest absolute Gasteiger partial charge is 0.206 e. The third-order valence-corrected chi connectivity index (χ3v) is 5.06. The fraction of sp³-hybridized carbons (Fsp3) is 0. The lowest BCUT2D eigenvalue weighted by Gasteiger charge is -2.12. The van der Waals surface area contributed by atoms with Crippen molar-refractivity contribution in [3.63, 3.8) is 0 Å². The predicted octanol–water partition coefficient (Wildman–Crippen LogP) is 3.87. The summed E-state index contributed by atoms with van der Waals surface area (Å²) in [4.78, 5) is 11.3. The fourth-order valence-corrected chi connectivity index (χ4v) is 3.77. The van der Waals surface area contributed by atoms with E-state index in [0.717, 1.165) is 0 Å². The van der Waals surface area contributed by atoms with Gasteiger partial charge >= 0.3 is 0 Å². The van der Waals surface area contributed by atoms with Crippen LogP contribution in [0.5, 0.6) is 0 Å². The Morgan fingerprint density at radius 2 is 1.26 bits per heavy atom. The van der Waals surface area contributed by atoms with E-state index in [4.69, 9.17) is 10.5 Å². The summed E-state index contributed by atoms with van der Waals surface area (Å²) in [5, 5.41) is 46.6. The van der Waals surface area contributed by atoms with Crippen LogP contribution in [0.2, 0.25) is 0 Å². The van der Waals surface area contributed by atoms with Crippen molar-refractivity contribution in [3.05, 3.63) is 93.1 Å². The molecule has 0 radical (unpaired) electrons. The molecule has 0 atom stereocenters. The van der Waals surface area contributed by atoms with Gasteiger partial charge in [0.2, 0.25) is 6.19 Å². The minimum Gasteiger partial charge on any atom is -0.246 e. The molecule has 2 aromatic rings. The number of rotatable bonds is 2. The summed E-state index contributed by atoms with van der Waals surface area (Å²) in [6, 6.07) is 12.1. The van der Waals surface area contributed by atoms with E-state index in [1.165, 1.54) is 42.9 Å². The Labute approximate surface area is 190 Å². The molecule has 0 fully saturated rings. The molecule has 2 aliphatic carbocycles. The van der Waals surface area contributed by atoms with Crippen LogP contribution in [-0.2, 0) is 0 Å². The van der Waals surface area contributed by atoms with Gasteiger partial charge in [0.1, 0.15) is 52.9 Å². The lowest BCUT2D eigenvalue weighted by Crippen LogP contribution is -2.05. The molecule has 0 saturated heterocycles. The molecule has 0 N–H and O–H groups in total. The first-order valence-corrected chi connectivity index (χ1v) is 9.31. The van der Waals surface area contributed by atoms with Gasteiger partial charge in [0, 0.05) is 40.3 Å². The van der Waals surface area contributed by atoms with E-state index in [-0.39, 0.29) is 44.9 Å². The van der Waals surface area contributed by atoms with Gasteiger partial charge in [-0.2, -0.15) is 31.3 Å². The van der Waals surface area contributed by atoms with Crippen LogP contribution >= 0.6 is 0 Å². The monoisotopic (exact) mass is 444 g/mol. The number of hydrogen-bond donors (Lipinski definition) is 0. The van der Waals surface area contributed by atoms with Gasteiger partial charge in [-0.05, 0) is 35.4 Å². The van der Waals surface area contributed by atoms with E-state index in [1.54, 1.807) is 12.1 Å². The topological polar surface area (TPSA) is 157 Å². The highest BCUT2D eigenvalue weighted by molar-refractivity contribution is 6.39. The van der Waals surface area contributed by atoms with Gasteiger partial charge in [-0.3, -0.25) is 0 Å². The summed E-state index contributed by atoms with van der Waals surface area (Å²) in [5.74, 6) is -2.06. The molecule has 2 aliphatic rings. The van der Waals surface area contributed by atoms with Crippen LogP contribution in [0.15, 0.2) is 75.6 Å². The molecule has 2 aromatic heterocycles. The number of aromatic nitrogens is 2. The number of pyridine rings is 2. The molecule has 2 heterocycles. The van der Waals surface area contributed by atoms with Gasteiger partial charge in [0.25, 0.3) is 0 Å². The van der Waals surface area contributed by atoms with Crippen LogP contribution in [0, 0.1) is 56.8 Å². The number of nitrogens with zero attached hydrogens (tertiary/aromatic N) is 8. The molecule has 10 heteroatoms. The second-order valence-corrected chi connectivity index (χ2v) is 6.75. The van der Waals surface area contributed by atoms with Gasteiger partial charge in [-0.25, -0.2) is 18.7 Å². The summed E-state index contributed by atoms with van der Waals surface area (Å²) >= 11 is 0. The first kappa shape index (κ1) is 21.5. The van der Waals surface area contributed by atoms with Crippen molar-refractivity contribution in [1.29, 1.82) is 26.3 Å². The van der Waals surface area contributed by atoms with Crippen LogP contribution < -0.4 is 0 Å². The Balaban J connectivity index is 2.07. The van der Waals surface area contributed by atoms with Crippen LogP contribution in [-0.4, -0.2) is 15.7 Å². The van der Waals surface area contributed by atoms with E-state index in [1.807, 2.05) is 12.1 Å². The largest absolute Gasteiger partial charge is 0.246 e. The molecule has 0 unspecified atom stereocenters. The van der Waals surface area contributed by atoms with Gasteiger partial charge in [-0.1, -0.05) is 0 Å². The number of hydrogen-bond acceptors (Lipinski definition) is 8. The summed E-state index contributed by atoms with van der Waals surface area (Å²) in [6.45, 7) is 0. The van der Waals surface area contributed by atoms with Gasteiger partial charge in [0.05, 0.1) is 5.71 Å². The highest BCUT2D eigenvalue weighted by Crippen LogP contribution is 2.54. The predicted molar refractivity (Wildman–Crippen MR) is 112 cm³/mol. The van der Waals surface area contributed by atoms with Crippen LogP contribution in [0.25, 0.3) is 11.1 Å². The lowest BCUT2D eigenvalue weighted by atomic mass is 9.91. The van der Waals surface area contributed by atoms with Crippen LogP contribution in [0.3, 0.4) is 0 Å². The first-order chi connectivity index (χ1) is 16.5. The van der Waals surface area contributed by atoms with Crippen molar-refractivity contribution in [2.75, 3.05) is 0 Å². The zero-order valence-corrected chi connectivity index (χ0v) is 16.8. The standard InChI is InChI=1S/C24H6F2N8/c25-22-18(12-1-3-32-15(5-12)9-29)17(14(7-27)8-28)20-21(22)24(34-11-31)19(23(20)26)13-2-4-33-16(6-13)10-30/h1-6H. The minimum absolute atomic E-state index is 0.0517. The van der Waals surface area contributed by atoms with Crippen molar-refractivity contribution in [3.8, 4) is 30.5 Å². The quantitative estimate of drug-likeness (QED) is 0.502. The van der Waals surface area contributed by atoms with E-state index in [0.29, 0.717) is 0 Å². The normalized spacial score (nSPS) is 15.4. The van der Waals surface area contributed by atoms with Gasteiger partial charge in [0.15, 0.2) is 0 Å². The second-order valence-electron chi connectivity index (χ2n) is 6.75. The Morgan fingerprint density at radius 1 is 0.735 bits per heavy atom. The SMILES string of the molecule is N#CN=C1C2=C(C(F)=C1c1ccnc(C#N)c1)C(=C(C#N)C#N)C(c1ccnc(C#N)c1)=C2F. The minimum atomic E-state index is -1.03. The molecular weight excluding hydrogens is 438 g/mol. The number of aliphatic imine (C=N–C) groups is 1. The van der Waals surface area contributed by atoms with Crippen LogP contribution in [0.4, 0.5) is 8.78 Å². The molecule has 8 nitrogen and oxygen atoms in total. The Hall–Kier alpha value is -5.76. The fourth-order valence-electron chi connectivity index (χ4n) is 3.77. The van der Waals surface area contributed by atoms with Crippen molar-refractivity contribution < 1.29 is 8.78 Å².